The number of benzene rings is 2. The fourth-order valence-electron chi connectivity index (χ4n) is 2.07. The van der Waals surface area contributed by atoms with Crippen molar-refractivity contribution < 1.29 is 13.1 Å². The Kier molecular flexibility index (Phi) is 2.91. The van der Waals surface area contributed by atoms with Gasteiger partial charge in [-0.3, -0.25) is 0 Å². The van der Waals surface area contributed by atoms with Gasteiger partial charge in [-0.05, 0) is 30.3 Å². The summed E-state index contributed by atoms with van der Waals surface area (Å²) in [6.07, 6.45) is 1.38. The zero-order valence-corrected chi connectivity index (χ0v) is 11.2. The van der Waals surface area contributed by atoms with Crippen LogP contribution in [0.3, 0.4) is 0 Å². The van der Waals surface area contributed by atoms with E-state index in [1.807, 2.05) is 0 Å². The van der Waals surface area contributed by atoms with Crippen LogP contribution in [-0.4, -0.2) is 8.42 Å². The lowest BCUT2D eigenvalue weighted by atomic mass is 10.2. The zero-order chi connectivity index (χ0) is 14.2. The predicted molar refractivity (Wildman–Crippen MR) is 74.8 cm³/mol. The Labute approximate surface area is 116 Å². The Bertz CT molecular complexity index is 874. The predicted octanol–water partition coefficient (Wildman–Crippen LogP) is 2.31. The Morgan fingerprint density at radius 2 is 1.60 bits per heavy atom. The lowest BCUT2D eigenvalue weighted by Crippen LogP contribution is -2.25. The summed E-state index contributed by atoms with van der Waals surface area (Å²) >= 11 is 0. The molecule has 0 saturated heterocycles. The number of nitrogens with zero attached hydrogens (tertiary/aromatic N) is 1. The molecule has 0 aliphatic carbocycles. The molecule has 4 nitrogen and oxygen atoms in total. The van der Waals surface area contributed by atoms with Crippen molar-refractivity contribution >= 4 is 20.7 Å². The minimum atomic E-state index is -3.55. The molecule has 0 spiro atoms. The number of aromatic nitrogens is 1. The Hall–Kier alpha value is -2.40. The van der Waals surface area contributed by atoms with Crippen LogP contribution in [0.15, 0.2) is 76.7 Å². The lowest BCUT2D eigenvalue weighted by Gasteiger charge is -2.06. The molecule has 3 rings (SSSR count). The van der Waals surface area contributed by atoms with E-state index in [0.717, 1.165) is 0 Å². The van der Waals surface area contributed by atoms with Crippen LogP contribution in [0.2, 0.25) is 0 Å². The van der Waals surface area contributed by atoms with Crippen molar-refractivity contribution in [2.45, 2.75) is 9.79 Å². The van der Waals surface area contributed by atoms with E-state index in [1.54, 1.807) is 42.5 Å². The van der Waals surface area contributed by atoms with Gasteiger partial charge in [-0.25, -0.2) is 8.42 Å². The molecule has 0 saturated carbocycles. The molecule has 3 aromatic rings. The van der Waals surface area contributed by atoms with Gasteiger partial charge in [0, 0.05) is 17.5 Å². The van der Waals surface area contributed by atoms with Gasteiger partial charge in [-0.2, -0.15) is 4.73 Å². The van der Waals surface area contributed by atoms with Crippen LogP contribution in [-0.2, 0) is 9.84 Å². The molecule has 0 aliphatic heterocycles. The summed E-state index contributed by atoms with van der Waals surface area (Å²) in [6.45, 7) is 0. The first-order chi connectivity index (χ1) is 9.59. The minimum absolute atomic E-state index is 0.183. The summed E-state index contributed by atoms with van der Waals surface area (Å²) in [5.41, 5.74) is 0.444. The fourth-order valence-corrected chi connectivity index (χ4v) is 3.39. The number of sulfone groups is 1. The third kappa shape index (κ3) is 2.02. The molecule has 20 heavy (non-hydrogen) atoms. The standard InChI is InChI=1S/C15H11NO3S/c17-16-10-4-5-12-11-14(8-9-15(12)16)20(18,19)13-6-2-1-3-7-13/h1-11H. The van der Waals surface area contributed by atoms with E-state index >= 15 is 0 Å². The molecule has 5 heteroatoms. The van der Waals surface area contributed by atoms with Crippen LogP contribution in [0.4, 0.5) is 0 Å². The topological polar surface area (TPSA) is 61.1 Å². The number of fused-ring (bicyclic) bond motifs is 1. The van der Waals surface area contributed by atoms with E-state index in [9.17, 15) is 13.6 Å². The zero-order valence-electron chi connectivity index (χ0n) is 10.4. The highest BCUT2D eigenvalue weighted by atomic mass is 32.2. The molecule has 0 unspecified atom stereocenters. The van der Waals surface area contributed by atoms with Crippen molar-refractivity contribution in [2.24, 2.45) is 0 Å². The largest absolute Gasteiger partial charge is 0.618 e. The van der Waals surface area contributed by atoms with Gasteiger partial charge in [0.2, 0.25) is 15.4 Å². The normalized spacial score (nSPS) is 11.6. The summed E-state index contributed by atoms with van der Waals surface area (Å²) in [4.78, 5) is 0.424. The summed E-state index contributed by atoms with van der Waals surface area (Å²) in [7, 11) is -3.55. The monoisotopic (exact) mass is 285 g/mol. The average Bonchev–Trinajstić information content (AvgIpc) is 2.48. The molecule has 0 atom stereocenters. The highest BCUT2D eigenvalue weighted by molar-refractivity contribution is 7.91. The summed E-state index contributed by atoms with van der Waals surface area (Å²) in [5.74, 6) is 0. The van der Waals surface area contributed by atoms with E-state index in [-0.39, 0.29) is 9.79 Å². The van der Waals surface area contributed by atoms with Crippen molar-refractivity contribution in [3.8, 4) is 0 Å². The molecule has 0 bridgehead atoms. The Balaban J connectivity index is 2.21. The maximum absolute atomic E-state index is 12.5. The molecule has 1 heterocycles. The van der Waals surface area contributed by atoms with Crippen molar-refractivity contribution in [1.82, 2.24) is 0 Å². The highest BCUT2D eigenvalue weighted by Crippen LogP contribution is 2.23. The molecule has 0 radical (unpaired) electrons. The third-order valence-corrected chi connectivity index (χ3v) is 4.86. The second-order valence-corrected chi connectivity index (χ2v) is 6.32. The average molecular weight is 285 g/mol. The van der Waals surface area contributed by atoms with Crippen LogP contribution in [0.1, 0.15) is 0 Å². The van der Waals surface area contributed by atoms with Crippen molar-refractivity contribution in [3.63, 3.8) is 0 Å². The molecule has 2 aromatic carbocycles. The smallest absolute Gasteiger partial charge is 0.223 e. The molecule has 100 valence electrons. The number of hydrogen-bond acceptors (Lipinski definition) is 3. The van der Waals surface area contributed by atoms with E-state index in [1.165, 1.54) is 24.4 Å². The number of rotatable bonds is 2. The first-order valence-corrected chi connectivity index (χ1v) is 7.49. The second kappa shape index (κ2) is 4.61. The lowest BCUT2D eigenvalue weighted by molar-refractivity contribution is -0.577. The molecule has 0 aliphatic rings. The molecule has 1 aromatic heterocycles. The van der Waals surface area contributed by atoms with E-state index in [0.29, 0.717) is 15.6 Å². The van der Waals surface area contributed by atoms with Gasteiger partial charge in [0.05, 0.1) is 9.79 Å². The van der Waals surface area contributed by atoms with Crippen molar-refractivity contribution in [2.75, 3.05) is 0 Å². The van der Waals surface area contributed by atoms with E-state index in [2.05, 4.69) is 0 Å². The molecular weight excluding hydrogens is 274 g/mol. The van der Waals surface area contributed by atoms with Gasteiger partial charge in [-0.15, -0.1) is 0 Å². The molecule has 0 amide bonds. The van der Waals surface area contributed by atoms with Crippen molar-refractivity contribution in [3.05, 3.63) is 72.1 Å². The van der Waals surface area contributed by atoms with Gasteiger partial charge >= 0.3 is 0 Å². The van der Waals surface area contributed by atoms with Gasteiger partial charge in [0.15, 0.2) is 6.20 Å². The van der Waals surface area contributed by atoms with Gasteiger partial charge in [0.1, 0.15) is 0 Å². The first-order valence-electron chi connectivity index (χ1n) is 6.01. The van der Waals surface area contributed by atoms with Crippen molar-refractivity contribution in [1.29, 1.82) is 0 Å². The van der Waals surface area contributed by atoms with E-state index < -0.39 is 9.84 Å². The quantitative estimate of drug-likeness (QED) is 0.536. The van der Waals surface area contributed by atoms with E-state index in [4.69, 9.17) is 0 Å². The fraction of sp³-hybridized carbons (Fsp3) is 0. The molecular formula is C15H11NO3S. The SMILES string of the molecule is O=S(=O)(c1ccccc1)c1ccc2c(ccc[n+]2[O-])c1. The van der Waals surface area contributed by atoms with Crippen LogP contribution in [0, 0.1) is 5.21 Å². The Morgan fingerprint density at radius 3 is 2.35 bits per heavy atom. The third-order valence-electron chi connectivity index (χ3n) is 3.10. The number of pyridine rings is 1. The second-order valence-electron chi connectivity index (χ2n) is 4.37. The first kappa shape index (κ1) is 12.6. The number of hydrogen-bond donors (Lipinski definition) is 0. The molecule has 0 N–H and O–H groups in total. The van der Waals surface area contributed by atoms with Crippen LogP contribution in [0.25, 0.3) is 10.9 Å². The maximum atomic E-state index is 12.5. The molecule has 0 fully saturated rings. The van der Waals surface area contributed by atoms with Crippen LogP contribution >= 0.6 is 0 Å². The highest BCUT2D eigenvalue weighted by Gasteiger charge is 2.18. The maximum Gasteiger partial charge on any atom is 0.223 e. The van der Waals surface area contributed by atoms with Crippen LogP contribution < -0.4 is 4.73 Å². The summed E-state index contributed by atoms with van der Waals surface area (Å²) < 4.78 is 25.7. The Morgan fingerprint density at radius 1 is 0.850 bits per heavy atom. The minimum Gasteiger partial charge on any atom is -0.618 e. The summed E-state index contributed by atoms with van der Waals surface area (Å²) in [6, 6.07) is 16.0. The van der Waals surface area contributed by atoms with Crippen LogP contribution in [0.5, 0.6) is 0 Å². The van der Waals surface area contributed by atoms with Gasteiger partial charge in [-0.1, -0.05) is 18.2 Å². The van der Waals surface area contributed by atoms with Gasteiger partial charge in [0.25, 0.3) is 0 Å². The van der Waals surface area contributed by atoms with Gasteiger partial charge < -0.3 is 5.21 Å². The summed E-state index contributed by atoms with van der Waals surface area (Å²) in [5, 5.41) is 12.2.